The molecule has 0 radical (unpaired) electrons. The van der Waals surface area contributed by atoms with Gasteiger partial charge in [0.15, 0.2) is 6.54 Å². The molecule has 0 aliphatic carbocycles. The number of hydrogen-bond acceptors (Lipinski definition) is 3. The van der Waals surface area contributed by atoms with Gasteiger partial charge in [-0.3, -0.25) is 0 Å². The average molecular weight is 497 g/mol. The van der Waals surface area contributed by atoms with Crippen LogP contribution in [0.25, 0.3) is 0 Å². The number of carbonyl (C=O) groups excluding carboxylic acids is 1. The van der Waals surface area contributed by atoms with Crippen LogP contribution in [0.5, 0.6) is 5.75 Å². The van der Waals surface area contributed by atoms with Crippen LogP contribution < -0.4 is 4.74 Å². The molecule has 2 rings (SSSR count). The Morgan fingerprint density at radius 1 is 0.806 bits per heavy atom. The van der Waals surface area contributed by atoms with E-state index in [9.17, 15) is 4.79 Å². The first kappa shape index (κ1) is 29.9. The van der Waals surface area contributed by atoms with Crippen LogP contribution in [-0.2, 0) is 22.5 Å². The van der Waals surface area contributed by atoms with Crippen molar-refractivity contribution in [3.05, 3.63) is 65.7 Å². The van der Waals surface area contributed by atoms with E-state index in [0.29, 0.717) is 11.0 Å². The first-order chi connectivity index (χ1) is 17.4. The number of unbranched alkanes of at least 4 members (excludes halogenated alkanes) is 8. The van der Waals surface area contributed by atoms with Gasteiger partial charge in [-0.05, 0) is 30.9 Å². The summed E-state index contributed by atoms with van der Waals surface area (Å²) in [5, 5.41) is 0. The Hall–Kier alpha value is -2.33. The molecule has 4 nitrogen and oxygen atoms in total. The minimum absolute atomic E-state index is 0.136. The third kappa shape index (κ3) is 12.6. The standard InChI is InChI=1S/C32H50NO3/c1-5-7-8-9-10-11-12-13-17-22-29-23-18-19-24-31(29)36-30(6-2)27-35-32(34)26-33(3,4)25-28-20-15-14-16-21-28/h14-16,18-21,23-24,30H,5-13,17,22,25-27H2,1-4H3/q+1. The number of aryl methyl sites for hydroxylation is 1. The van der Waals surface area contributed by atoms with Crippen LogP contribution in [-0.4, -0.2) is 43.8 Å². The zero-order chi connectivity index (χ0) is 26.1. The number of para-hydroxylation sites is 1. The van der Waals surface area contributed by atoms with E-state index in [1.54, 1.807) is 0 Å². The molecule has 2 aromatic carbocycles. The molecule has 0 bridgehead atoms. The Balaban J connectivity index is 1.74. The molecule has 1 unspecified atom stereocenters. The van der Waals surface area contributed by atoms with E-state index in [1.165, 1.54) is 68.9 Å². The van der Waals surface area contributed by atoms with Gasteiger partial charge in [-0.15, -0.1) is 0 Å². The van der Waals surface area contributed by atoms with Gasteiger partial charge >= 0.3 is 5.97 Å². The molecule has 0 N–H and O–H groups in total. The summed E-state index contributed by atoms with van der Waals surface area (Å²) in [5.74, 6) is 0.751. The fourth-order valence-electron chi connectivity index (χ4n) is 4.58. The van der Waals surface area contributed by atoms with Gasteiger partial charge in [-0.25, -0.2) is 4.79 Å². The number of hydrogen-bond donors (Lipinski definition) is 0. The molecule has 0 fully saturated rings. The zero-order valence-corrected chi connectivity index (χ0v) is 23.3. The lowest BCUT2D eigenvalue weighted by Crippen LogP contribution is -2.44. The Morgan fingerprint density at radius 2 is 1.42 bits per heavy atom. The molecule has 0 aromatic heterocycles. The molecule has 0 amide bonds. The van der Waals surface area contributed by atoms with E-state index in [2.05, 4.69) is 52.2 Å². The number of benzene rings is 2. The van der Waals surface area contributed by atoms with Crippen molar-refractivity contribution in [3.8, 4) is 5.75 Å². The van der Waals surface area contributed by atoms with Gasteiger partial charge in [0, 0.05) is 5.56 Å². The quantitative estimate of drug-likeness (QED) is 0.113. The third-order valence-electron chi connectivity index (χ3n) is 6.71. The van der Waals surface area contributed by atoms with Gasteiger partial charge < -0.3 is 14.0 Å². The Labute approximate surface area is 220 Å². The van der Waals surface area contributed by atoms with Crippen LogP contribution >= 0.6 is 0 Å². The fourth-order valence-corrected chi connectivity index (χ4v) is 4.58. The number of carbonyl (C=O) groups is 1. The first-order valence-corrected chi connectivity index (χ1v) is 14.2. The van der Waals surface area contributed by atoms with Crippen LogP contribution in [0.4, 0.5) is 0 Å². The summed E-state index contributed by atoms with van der Waals surface area (Å²) in [5.41, 5.74) is 2.47. The van der Waals surface area contributed by atoms with E-state index >= 15 is 0 Å². The second-order valence-electron chi connectivity index (χ2n) is 10.8. The molecule has 0 saturated carbocycles. The third-order valence-corrected chi connectivity index (χ3v) is 6.71. The molecule has 1 atom stereocenters. The minimum atomic E-state index is -0.180. The predicted octanol–water partition coefficient (Wildman–Crippen LogP) is 7.74. The normalized spacial score (nSPS) is 12.3. The molecular weight excluding hydrogens is 446 g/mol. The molecule has 200 valence electrons. The van der Waals surface area contributed by atoms with Crippen molar-refractivity contribution in [1.29, 1.82) is 0 Å². The number of rotatable bonds is 19. The topological polar surface area (TPSA) is 35.5 Å². The molecule has 0 aliphatic heterocycles. The molecule has 0 spiro atoms. The Bertz CT molecular complexity index is 849. The molecule has 2 aromatic rings. The van der Waals surface area contributed by atoms with Crippen LogP contribution in [0, 0.1) is 0 Å². The number of likely N-dealkylation sites (N-methyl/N-ethyl adjacent to an activating group) is 1. The second-order valence-corrected chi connectivity index (χ2v) is 10.8. The Kier molecular flexibility index (Phi) is 14.3. The monoisotopic (exact) mass is 496 g/mol. The lowest BCUT2D eigenvalue weighted by atomic mass is 10.0. The van der Waals surface area contributed by atoms with Gasteiger partial charge in [0.1, 0.15) is 25.0 Å². The van der Waals surface area contributed by atoms with E-state index in [4.69, 9.17) is 9.47 Å². The molecule has 0 saturated heterocycles. The van der Waals surface area contributed by atoms with Crippen LogP contribution in [0.2, 0.25) is 0 Å². The van der Waals surface area contributed by atoms with Crippen LogP contribution in [0.1, 0.15) is 89.2 Å². The summed E-state index contributed by atoms with van der Waals surface area (Å²) in [6, 6.07) is 18.6. The number of quaternary nitrogens is 1. The average Bonchev–Trinajstić information content (AvgIpc) is 2.86. The lowest BCUT2D eigenvalue weighted by Gasteiger charge is -2.29. The smallest absolute Gasteiger partial charge is 0.361 e. The van der Waals surface area contributed by atoms with E-state index in [0.717, 1.165) is 25.1 Å². The summed E-state index contributed by atoms with van der Waals surface area (Å²) < 4.78 is 12.5. The Morgan fingerprint density at radius 3 is 2.08 bits per heavy atom. The van der Waals surface area contributed by atoms with E-state index < -0.39 is 0 Å². The number of ether oxygens (including phenoxy) is 2. The highest BCUT2D eigenvalue weighted by Gasteiger charge is 2.23. The number of esters is 1. The number of nitrogens with zero attached hydrogens (tertiary/aromatic N) is 1. The summed E-state index contributed by atoms with van der Waals surface area (Å²) in [4.78, 5) is 12.6. The van der Waals surface area contributed by atoms with Gasteiger partial charge in [0.2, 0.25) is 0 Å². The van der Waals surface area contributed by atoms with Gasteiger partial charge in [0.05, 0.1) is 14.1 Å². The van der Waals surface area contributed by atoms with Crippen molar-refractivity contribution in [2.45, 2.75) is 97.1 Å². The fraction of sp³-hybridized carbons (Fsp3) is 0.594. The molecule has 0 heterocycles. The van der Waals surface area contributed by atoms with Crippen molar-refractivity contribution in [3.63, 3.8) is 0 Å². The summed E-state index contributed by atoms with van der Waals surface area (Å²) in [6.45, 7) is 5.76. The van der Waals surface area contributed by atoms with E-state index in [1.807, 2.05) is 30.3 Å². The zero-order valence-electron chi connectivity index (χ0n) is 23.3. The second kappa shape index (κ2) is 17.2. The van der Waals surface area contributed by atoms with Crippen molar-refractivity contribution < 1.29 is 18.8 Å². The SMILES string of the molecule is CCCCCCCCCCCc1ccccc1OC(CC)COC(=O)C[N+](C)(C)Cc1ccccc1. The van der Waals surface area contributed by atoms with Gasteiger partial charge in [-0.2, -0.15) is 0 Å². The predicted molar refractivity (Wildman–Crippen MR) is 150 cm³/mol. The largest absolute Gasteiger partial charge is 0.487 e. The van der Waals surface area contributed by atoms with Gasteiger partial charge in [-0.1, -0.05) is 114 Å². The summed E-state index contributed by atoms with van der Waals surface area (Å²) in [7, 11) is 4.12. The highest BCUT2D eigenvalue weighted by Crippen LogP contribution is 2.23. The first-order valence-electron chi connectivity index (χ1n) is 14.2. The van der Waals surface area contributed by atoms with Crippen molar-refractivity contribution in [2.75, 3.05) is 27.2 Å². The maximum atomic E-state index is 12.6. The highest BCUT2D eigenvalue weighted by molar-refractivity contribution is 5.70. The molecule has 4 heteroatoms. The van der Waals surface area contributed by atoms with E-state index in [-0.39, 0.29) is 18.7 Å². The molecular formula is C32H50NO3+. The summed E-state index contributed by atoms with van der Waals surface area (Å²) in [6.07, 6.45) is 13.7. The maximum Gasteiger partial charge on any atom is 0.361 e. The maximum absolute atomic E-state index is 12.6. The molecule has 36 heavy (non-hydrogen) atoms. The lowest BCUT2D eigenvalue weighted by molar-refractivity contribution is -0.896. The molecule has 0 aliphatic rings. The minimum Gasteiger partial charge on any atom is -0.487 e. The van der Waals surface area contributed by atoms with Crippen molar-refractivity contribution >= 4 is 5.97 Å². The van der Waals surface area contributed by atoms with Crippen molar-refractivity contribution in [1.82, 2.24) is 0 Å². The van der Waals surface area contributed by atoms with Gasteiger partial charge in [0.25, 0.3) is 0 Å². The van der Waals surface area contributed by atoms with Crippen molar-refractivity contribution in [2.24, 2.45) is 0 Å². The van der Waals surface area contributed by atoms with Crippen LogP contribution in [0.3, 0.4) is 0 Å². The highest BCUT2D eigenvalue weighted by atomic mass is 16.6. The summed E-state index contributed by atoms with van der Waals surface area (Å²) >= 11 is 0. The van der Waals surface area contributed by atoms with Crippen LogP contribution in [0.15, 0.2) is 54.6 Å².